The molecule has 6 nitrogen and oxygen atoms in total. The summed E-state index contributed by atoms with van der Waals surface area (Å²) in [7, 11) is 0. The highest BCUT2D eigenvalue weighted by atomic mass is 79.9. The Bertz CT molecular complexity index is 1170. The molecule has 29 heavy (non-hydrogen) atoms. The number of hydrogen-bond acceptors (Lipinski definition) is 3. The largest absolute Gasteiger partial charge is 0.343 e. The van der Waals surface area contributed by atoms with E-state index in [-0.39, 0.29) is 18.4 Å². The van der Waals surface area contributed by atoms with Crippen molar-refractivity contribution in [2.75, 3.05) is 11.9 Å². The molecule has 0 aliphatic rings. The third-order valence-electron chi connectivity index (χ3n) is 4.40. The number of nitrogens with zero attached hydrogens (tertiary/aromatic N) is 2. The van der Waals surface area contributed by atoms with Crippen molar-refractivity contribution in [2.24, 2.45) is 0 Å². The van der Waals surface area contributed by atoms with Crippen LogP contribution in [0.1, 0.15) is 10.4 Å². The number of hydrogen-bond donors (Lipinski definition) is 2. The summed E-state index contributed by atoms with van der Waals surface area (Å²) in [6.07, 6.45) is 1.76. The highest BCUT2D eigenvalue weighted by Gasteiger charge is 2.10. The van der Waals surface area contributed by atoms with Crippen LogP contribution in [0.15, 0.2) is 83.6 Å². The Labute approximate surface area is 175 Å². The van der Waals surface area contributed by atoms with E-state index in [1.807, 2.05) is 53.1 Å². The minimum Gasteiger partial charge on any atom is -0.343 e. The van der Waals surface area contributed by atoms with Crippen molar-refractivity contribution in [3.63, 3.8) is 0 Å². The number of rotatable bonds is 5. The van der Waals surface area contributed by atoms with Crippen LogP contribution in [0.3, 0.4) is 0 Å². The highest BCUT2D eigenvalue weighted by Crippen LogP contribution is 2.18. The quantitative estimate of drug-likeness (QED) is 0.481. The maximum absolute atomic E-state index is 12.3. The Morgan fingerprint density at radius 1 is 0.931 bits per heavy atom. The summed E-state index contributed by atoms with van der Waals surface area (Å²) in [5.41, 5.74) is 3.96. The minimum absolute atomic E-state index is 0.108. The summed E-state index contributed by atoms with van der Waals surface area (Å²) in [5.74, 6) is -0.597. The zero-order chi connectivity index (χ0) is 20.2. The van der Waals surface area contributed by atoms with Crippen molar-refractivity contribution >= 4 is 44.5 Å². The fourth-order valence-electron chi connectivity index (χ4n) is 2.94. The number of imidazole rings is 1. The van der Waals surface area contributed by atoms with E-state index >= 15 is 0 Å². The number of aromatic nitrogens is 2. The lowest BCUT2D eigenvalue weighted by atomic mass is 10.2. The van der Waals surface area contributed by atoms with Crippen LogP contribution >= 0.6 is 15.9 Å². The number of nitrogens with one attached hydrogen (secondary N) is 2. The number of amides is 2. The maximum atomic E-state index is 12.3. The first-order valence-electron chi connectivity index (χ1n) is 8.96. The van der Waals surface area contributed by atoms with Gasteiger partial charge < -0.3 is 10.6 Å². The molecule has 0 spiro atoms. The normalized spacial score (nSPS) is 10.7. The third kappa shape index (κ3) is 4.35. The summed E-state index contributed by atoms with van der Waals surface area (Å²) in [5, 5.41) is 5.37. The summed E-state index contributed by atoms with van der Waals surface area (Å²) in [6.45, 7) is -0.108. The van der Waals surface area contributed by atoms with E-state index < -0.39 is 0 Å². The molecule has 1 heterocycles. The van der Waals surface area contributed by atoms with Gasteiger partial charge in [0.1, 0.15) is 6.33 Å². The molecular formula is C22H17BrN4O2. The molecule has 0 unspecified atom stereocenters. The van der Waals surface area contributed by atoms with Gasteiger partial charge in [0.2, 0.25) is 5.91 Å². The lowest BCUT2D eigenvalue weighted by molar-refractivity contribution is -0.115. The van der Waals surface area contributed by atoms with Crippen molar-refractivity contribution in [1.29, 1.82) is 0 Å². The van der Waals surface area contributed by atoms with Crippen molar-refractivity contribution in [3.8, 4) is 5.69 Å². The van der Waals surface area contributed by atoms with E-state index in [4.69, 9.17) is 0 Å². The second kappa shape index (κ2) is 8.28. The number of benzene rings is 3. The number of anilines is 1. The molecule has 0 atom stereocenters. The van der Waals surface area contributed by atoms with Crippen LogP contribution < -0.4 is 10.6 Å². The Morgan fingerprint density at radius 2 is 1.66 bits per heavy atom. The van der Waals surface area contributed by atoms with Gasteiger partial charge in [-0.25, -0.2) is 4.98 Å². The molecule has 1 aromatic heterocycles. The molecule has 144 valence electrons. The maximum Gasteiger partial charge on any atom is 0.251 e. The Kier molecular flexibility index (Phi) is 5.39. The van der Waals surface area contributed by atoms with E-state index in [0.717, 1.165) is 21.2 Å². The second-order valence-electron chi connectivity index (χ2n) is 6.39. The highest BCUT2D eigenvalue weighted by molar-refractivity contribution is 9.10. The number of halogens is 1. The average Bonchev–Trinajstić information content (AvgIpc) is 3.18. The fraction of sp³-hybridized carbons (Fsp3) is 0.0455. The molecule has 2 N–H and O–H groups in total. The molecule has 0 saturated carbocycles. The van der Waals surface area contributed by atoms with Gasteiger partial charge in [0, 0.05) is 21.4 Å². The van der Waals surface area contributed by atoms with Gasteiger partial charge in [0.25, 0.3) is 5.91 Å². The van der Waals surface area contributed by atoms with E-state index in [1.165, 1.54) is 0 Å². The van der Waals surface area contributed by atoms with Crippen LogP contribution in [0.5, 0.6) is 0 Å². The average molecular weight is 449 g/mol. The van der Waals surface area contributed by atoms with Crippen molar-refractivity contribution in [3.05, 3.63) is 89.2 Å². The van der Waals surface area contributed by atoms with Gasteiger partial charge in [-0.2, -0.15) is 0 Å². The van der Waals surface area contributed by atoms with E-state index in [1.54, 1.807) is 30.6 Å². The Morgan fingerprint density at radius 3 is 2.41 bits per heavy atom. The first kappa shape index (κ1) is 18.9. The molecule has 0 bridgehead atoms. The van der Waals surface area contributed by atoms with E-state index in [9.17, 15) is 9.59 Å². The van der Waals surface area contributed by atoms with Gasteiger partial charge >= 0.3 is 0 Å². The lowest BCUT2D eigenvalue weighted by Crippen LogP contribution is -2.32. The molecule has 2 amide bonds. The van der Waals surface area contributed by atoms with Gasteiger partial charge in [-0.1, -0.05) is 28.1 Å². The van der Waals surface area contributed by atoms with Gasteiger partial charge in [0.15, 0.2) is 0 Å². The van der Waals surface area contributed by atoms with E-state index in [2.05, 4.69) is 31.5 Å². The standard InChI is InChI=1S/C22H17BrN4O2/c23-16-7-9-17(10-8-16)26-21(28)13-24-22(29)15-5-11-18(12-6-15)27-14-25-19-3-1-2-4-20(19)27/h1-12,14H,13H2,(H,24,29)(H,26,28). The fourth-order valence-corrected chi connectivity index (χ4v) is 3.20. The molecule has 0 fully saturated rings. The van der Waals surface area contributed by atoms with Crippen LogP contribution in [0.2, 0.25) is 0 Å². The van der Waals surface area contributed by atoms with Gasteiger partial charge in [-0.3, -0.25) is 14.2 Å². The zero-order valence-corrected chi connectivity index (χ0v) is 16.9. The molecule has 0 radical (unpaired) electrons. The van der Waals surface area contributed by atoms with Crippen molar-refractivity contribution in [2.45, 2.75) is 0 Å². The minimum atomic E-state index is -0.307. The number of fused-ring (bicyclic) bond motifs is 1. The Hall–Kier alpha value is -3.45. The van der Waals surface area contributed by atoms with Gasteiger partial charge in [-0.05, 0) is 60.7 Å². The predicted molar refractivity (Wildman–Crippen MR) is 116 cm³/mol. The number of para-hydroxylation sites is 2. The third-order valence-corrected chi connectivity index (χ3v) is 4.93. The molecule has 0 saturated heterocycles. The molecule has 0 aliphatic carbocycles. The van der Waals surface area contributed by atoms with Crippen LogP contribution in [-0.4, -0.2) is 27.9 Å². The number of carbonyl (C=O) groups excluding carboxylic acids is 2. The topological polar surface area (TPSA) is 76.0 Å². The second-order valence-corrected chi connectivity index (χ2v) is 7.30. The summed E-state index contributed by atoms with van der Waals surface area (Å²) >= 11 is 3.34. The lowest BCUT2D eigenvalue weighted by Gasteiger charge is -2.08. The molecule has 7 heteroatoms. The summed E-state index contributed by atoms with van der Waals surface area (Å²) < 4.78 is 2.89. The van der Waals surface area contributed by atoms with Crippen LogP contribution in [-0.2, 0) is 4.79 Å². The molecule has 4 aromatic rings. The Balaban J connectivity index is 1.38. The van der Waals surface area contributed by atoms with Gasteiger partial charge in [-0.15, -0.1) is 0 Å². The van der Waals surface area contributed by atoms with E-state index in [0.29, 0.717) is 11.3 Å². The van der Waals surface area contributed by atoms with Crippen LogP contribution in [0.4, 0.5) is 5.69 Å². The van der Waals surface area contributed by atoms with Crippen LogP contribution in [0.25, 0.3) is 16.7 Å². The molecule has 3 aromatic carbocycles. The van der Waals surface area contributed by atoms with Crippen molar-refractivity contribution < 1.29 is 9.59 Å². The smallest absolute Gasteiger partial charge is 0.251 e. The molecule has 4 rings (SSSR count). The first-order valence-corrected chi connectivity index (χ1v) is 9.75. The molecule has 0 aliphatic heterocycles. The number of carbonyl (C=O) groups is 2. The monoisotopic (exact) mass is 448 g/mol. The zero-order valence-electron chi connectivity index (χ0n) is 15.3. The van der Waals surface area contributed by atoms with Crippen LogP contribution in [0, 0.1) is 0 Å². The summed E-state index contributed by atoms with van der Waals surface area (Å²) in [4.78, 5) is 28.7. The summed E-state index contributed by atoms with van der Waals surface area (Å²) in [6, 6.07) is 22.2. The SMILES string of the molecule is O=C(CNC(=O)c1ccc(-n2cnc3ccccc32)cc1)Nc1ccc(Br)cc1. The molecular weight excluding hydrogens is 432 g/mol. The van der Waals surface area contributed by atoms with Gasteiger partial charge in [0.05, 0.1) is 17.6 Å². The van der Waals surface area contributed by atoms with Crippen molar-refractivity contribution in [1.82, 2.24) is 14.9 Å². The first-order chi connectivity index (χ1) is 14.1. The predicted octanol–water partition coefficient (Wildman–Crippen LogP) is 4.16.